The molecule has 0 fully saturated rings. The van der Waals surface area contributed by atoms with Crippen molar-refractivity contribution >= 4 is 41.7 Å². The van der Waals surface area contributed by atoms with Gasteiger partial charge in [0.1, 0.15) is 0 Å². The van der Waals surface area contributed by atoms with E-state index in [1.54, 1.807) is 0 Å². The summed E-state index contributed by atoms with van der Waals surface area (Å²) in [4.78, 5) is 0.801. The number of hydrogen-bond acceptors (Lipinski definition) is 4. The Morgan fingerprint density at radius 2 is 2.38 bits per heavy atom. The second-order valence-electron chi connectivity index (χ2n) is 1.06. The first kappa shape index (κ1) is 6.00. The van der Waals surface area contributed by atoms with Crippen molar-refractivity contribution in [3.05, 3.63) is 4.88 Å². The Hall–Kier alpha value is -0.130. The standard InChI is InChI=1S/C3HN2S3/c6-1-2-3(7)4-5-8-2/h1H. The van der Waals surface area contributed by atoms with Crippen LogP contribution in [0.4, 0.5) is 0 Å². The van der Waals surface area contributed by atoms with Gasteiger partial charge in [-0.1, -0.05) is 29.3 Å². The molecule has 0 aliphatic heterocycles. The van der Waals surface area contributed by atoms with Gasteiger partial charge in [-0.25, -0.2) is 0 Å². The Bertz CT molecular complexity index is 194. The van der Waals surface area contributed by atoms with Crippen molar-refractivity contribution in [3.63, 3.8) is 0 Å². The van der Waals surface area contributed by atoms with Crippen molar-refractivity contribution in [1.82, 2.24) is 9.59 Å². The number of thiocarbonyl (C=S) groups is 1. The molecule has 41 valence electrons. The van der Waals surface area contributed by atoms with Gasteiger partial charge in [0.25, 0.3) is 0 Å². The molecule has 8 heavy (non-hydrogen) atoms. The minimum absolute atomic E-state index is 0.505. The average molecular weight is 161 g/mol. The highest BCUT2D eigenvalue weighted by molar-refractivity contribution is 7.81. The summed E-state index contributed by atoms with van der Waals surface area (Å²) in [5.41, 5.74) is 0. The van der Waals surface area contributed by atoms with Crippen LogP contribution in [0.2, 0.25) is 0 Å². The second-order valence-corrected chi connectivity index (χ2v) is 2.47. The van der Waals surface area contributed by atoms with Gasteiger partial charge in [0.2, 0.25) is 0 Å². The van der Waals surface area contributed by atoms with Gasteiger partial charge in [0.05, 0.1) is 4.88 Å². The minimum Gasteiger partial charge on any atom is -0.126 e. The maximum absolute atomic E-state index is 4.72. The van der Waals surface area contributed by atoms with E-state index in [0.29, 0.717) is 5.03 Å². The second kappa shape index (κ2) is 2.43. The van der Waals surface area contributed by atoms with E-state index in [1.807, 2.05) is 0 Å². The molecule has 0 bridgehead atoms. The van der Waals surface area contributed by atoms with Crippen LogP contribution in [0.5, 0.6) is 0 Å². The molecule has 2 nitrogen and oxygen atoms in total. The Kier molecular flexibility index (Phi) is 1.82. The zero-order valence-electron chi connectivity index (χ0n) is 3.70. The van der Waals surface area contributed by atoms with Gasteiger partial charge < -0.3 is 0 Å². The van der Waals surface area contributed by atoms with Crippen molar-refractivity contribution in [2.75, 3.05) is 0 Å². The number of aromatic nitrogens is 2. The highest BCUT2D eigenvalue weighted by Crippen LogP contribution is 2.10. The topological polar surface area (TPSA) is 25.8 Å². The normalized spacial score (nSPS) is 9.00. The summed E-state index contributed by atoms with van der Waals surface area (Å²) in [5.74, 6) is 0. The summed E-state index contributed by atoms with van der Waals surface area (Å²) >= 11 is 10.5. The summed E-state index contributed by atoms with van der Waals surface area (Å²) in [7, 11) is 0. The fraction of sp³-hybridized carbons (Fsp3) is 0. The predicted molar refractivity (Wildman–Crippen MR) is 38.5 cm³/mol. The van der Waals surface area contributed by atoms with Gasteiger partial charge in [-0.15, -0.1) is 5.10 Å². The SMILES string of the molecule is [S]c1nnsc1C=S. The first-order valence-corrected chi connectivity index (χ1v) is 3.44. The van der Waals surface area contributed by atoms with Gasteiger partial charge in [-0.05, 0) is 11.5 Å². The highest BCUT2D eigenvalue weighted by Gasteiger charge is 1.97. The molecule has 1 rings (SSSR count). The molecule has 1 heterocycles. The maximum atomic E-state index is 4.72. The van der Waals surface area contributed by atoms with Gasteiger partial charge in [0.15, 0.2) is 5.03 Å². The maximum Gasteiger partial charge on any atom is 0.169 e. The summed E-state index contributed by atoms with van der Waals surface area (Å²) in [5, 5.41) is 5.57. The largest absolute Gasteiger partial charge is 0.169 e. The molecular formula is C3HN2S3. The monoisotopic (exact) mass is 161 g/mol. The minimum atomic E-state index is 0.505. The van der Waals surface area contributed by atoms with Crippen LogP contribution < -0.4 is 0 Å². The third-order valence-corrected chi connectivity index (χ3v) is 2.08. The van der Waals surface area contributed by atoms with E-state index in [-0.39, 0.29) is 0 Å². The molecule has 0 saturated heterocycles. The lowest BCUT2D eigenvalue weighted by atomic mass is 10.6. The zero-order valence-corrected chi connectivity index (χ0v) is 6.15. The average Bonchev–Trinajstić information content (AvgIpc) is 2.14. The lowest BCUT2D eigenvalue weighted by molar-refractivity contribution is 1.04. The van der Waals surface area contributed by atoms with E-state index in [0.717, 1.165) is 4.88 Å². The summed E-state index contributed by atoms with van der Waals surface area (Å²) in [6.07, 6.45) is 0. The molecule has 1 aromatic rings. The molecule has 0 spiro atoms. The lowest BCUT2D eigenvalue weighted by Gasteiger charge is -1.73. The quantitative estimate of drug-likeness (QED) is 0.583. The summed E-state index contributed by atoms with van der Waals surface area (Å²) < 4.78 is 3.58. The molecular weight excluding hydrogens is 160 g/mol. The Labute approximate surface area is 61.5 Å². The van der Waals surface area contributed by atoms with E-state index in [1.165, 1.54) is 16.9 Å². The number of nitrogens with zero attached hydrogens (tertiary/aromatic N) is 2. The van der Waals surface area contributed by atoms with Crippen LogP contribution in [0.15, 0.2) is 5.03 Å². The van der Waals surface area contributed by atoms with Gasteiger partial charge >= 0.3 is 0 Å². The van der Waals surface area contributed by atoms with Crippen LogP contribution in [-0.4, -0.2) is 15.0 Å². The number of rotatable bonds is 1. The Morgan fingerprint density at radius 1 is 1.62 bits per heavy atom. The van der Waals surface area contributed by atoms with E-state index in [2.05, 4.69) is 21.8 Å². The predicted octanol–water partition coefficient (Wildman–Crippen LogP) is 1.44. The van der Waals surface area contributed by atoms with Gasteiger partial charge in [0, 0.05) is 5.37 Å². The lowest BCUT2D eigenvalue weighted by Crippen LogP contribution is -1.70. The van der Waals surface area contributed by atoms with Crippen molar-refractivity contribution in [2.24, 2.45) is 0 Å². The molecule has 5 heteroatoms. The molecule has 0 unspecified atom stereocenters. The van der Waals surface area contributed by atoms with Crippen LogP contribution in [0, 0.1) is 0 Å². The van der Waals surface area contributed by atoms with E-state index < -0.39 is 0 Å². The molecule has 0 saturated carbocycles. The molecule has 0 aromatic carbocycles. The summed E-state index contributed by atoms with van der Waals surface area (Å²) in [6, 6.07) is 0. The van der Waals surface area contributed by atoms with Crippen LogP contribution in [-0.2, 0) is 0 Å². The molecule has 0 amide bonds. The first-order valence-electron chi connectivity index (χ1n) is 1.79. The van der Waals surface area contributed by atoms with Gasteiger partial charge in [-0.2, -0.15) is 0 Å². The van der Waals surface area contributed by atoms with Crippen LogP contribution >= 0.6 is 36.4 Å². The van der Waals surface area contributed by atoms with Crippen LogP contribution in [0.25, 0.3) is 0 Å². The number of hydrogen-bond donors (Lipinski definition) is 0. The Balaban J connectivity index is 3.09. The van der Waals surface area contributed by atoms with E-state index in [4.69, 9.17) is 12.6 Å². The summed E-state index contributed by atoms with van der Waals surface area (Å²) in [6.45, 7) is 0. The highest BCUT2D eigenvalue weighted by atomic mass is 32.1. The van der Waals surface area contributed by atoms with Crippen molar-refractivity contribution in [2.45, 2.75) is 5.03 Å². The van der Waals surface area contributed by atoms with Crippen molar-refractivity contribution in [1.29, 1.82) is 0 Å². The fourth-order valence-electron chi connectivity index (χ4n) is 0.262. The zero-order chi connectivity index (χ0) is 5.98. The molecule has 0 aliphatic rings. The van der Waals surface area contributed by atoms with Crippen LogP contribution in [0.3, 0.4) is 0 Å². The molecule has 1 aromatic heterocycles. The van der Waals surface area contributed by atoms with E-state index in [9.17, 15) is 0 Å². The van der Waals surface area contributed by atoms with Crippen molar-refractivity contribution < 1.29 is 0 Å². The Morgan fingerprint density at radius 3 is 2.62 bits per heavy atom. The molecule has 0 aliphatic carbocycles. The smallest absolute Gasteiger partial charge is 0.126 e. The van der Waals surface area contributed by atoms with Crippen molar-refractivity contribution in [3.8, 4) is 0 Å². The fourth-order valence-corrected chi connectivity index (χ4v) is 1.21. The molecule has 0 N–H and O–H groups in total. The third-order valence-electron chi connectivity index (χ3n) is 0.589. The third kappa shape index (κ3) is 0.988. The van der Waals surface area contributed by atoms with Crippen LogP contribution in [0.1, 0.15) is 4.88 Å². The van der Waals surface area contributed by atoms with E-state index >= 15 is 0 Å². The first-order chi connectivity index (χ1) is 3.84. The molecule has 0 atom stereocenters. The molecule has 1 radical (unpaired) electrons. The van der Waals surface area contributed by atoms with Gasteiger partial charge in [-0.3, -0.25) is 0 Å².